The van der Waals surface area contributed by atoms with Crippen LogP contribution in [0.3, 0.4) is 0 Å². The molecule has 0 spiro atoms. The van der Waals surface area contributed by atoms with Crippen molar-refractivity contribution >= 4 is 11.8 Å². The maximum atomic E-state index is 12.3. The van der Waals surface area contributed by atoms with E-state index in [1.165, 1.54) is 6.26 Å². The first kappa shape index (κ1) is 12.3. The van der Waals surface area contributed by atoms with E-state index in [0.717, 1.165) is 19.5 Å². The molecular formula is C14H18N2O3. The molecule has 0 saturated carbocycles. The Kier molecular flexibility index (Phi) is 3.05. The van der Waals surface area contributed by atoms with E-state index in [-0.39, 0.29) is 17.7 Å². The average Bonchev–Trinajstić information content (AvgIpc) is 3.08. The summed E-state index contributed by atoms with van der Waals surface area (Å²) < 4.78 is 5.14. The molecule has 0 aliphatic carbocycles. The number of hydrogen-bond donors (Lipinski definition) is 0. The van der Waals surface area contributed by atoms with Crippen LogP contribution in [0.1, 0.15) is 23.9 Å². The third kappa shape index (κ3) is 2.03. The quantitative estimate of drug-likeness (QED) is 0.805. The lowest BCUT2D eigenvalue weighted by Gasteiger charge is -2.32. The number of piperidine rings is 1. The van der Waals surface area contributed by atoms with E-state index in [2.05, 4.69) is 0 Å². The van der Waals surface area contributed by atoms with Gasteiger partial charge in [-0.15, -0.1) is 0 Å². The molecule has 0 aromatic carbocycles. The minimum absolute atomic E-state index is 0.0207. The largest absolute Gasteiger partial charge is 0.459 e. The number of carbonyl (C=O) groups is 2. The van der Waals surface area contributed by atoms with E-state index in [0.29, 0.717) is 24.8 Å². The molecule has 19 heavy (non-hydrogen) atoms. The molecule has 2 amide bonds. The van der Waals surface area contributed by atoms with Crippen molar-refractivity contribution in [1.82, 2.24) is 9.80 Å². The summed E-state index contributed by atoms with van der Waals surface area (Å²) >= 11 is 0. The van der Waals surface area contributed by atoms with Gasteiger partial charge in [0.15, 0.2) is 5.76 Å². The van der Waals surface area contributed by atoms with E-state index in [4.69, 9.17) is 4.42 Å². The summed E-state index contributed by atoms with van der Waals surface area (Å²) in [7, 11) is 0. The minimum atomic E-state index is -0.102. The molecule has 102 valence electrons. The summed E-state index contributed by atoms with van der Waals surface area (Å²) in [4.78, 5) is 28.1. The Morgan fingerprint density at radius 2 is 2.32 bits per heavy atom. The molecule has 2 aliphatic rings. The van der Waals surface area contributed by atoms with Crippen molar-refractivity contribution in [3.63, 3.8) is 0 Å². The van der Waals surface area contributed by atoms with Gasteiger partial charge in [0.2, 0.25) is 5.91 Å². The zero-order valence-corrected chi connectivity index (χ0v) is 11.0. The summed E-state index contributed by atoms with van der Waals surface area (Å²) in [5, 5.41) is 0. The predicted octanol–water partition coefficient (Wildman–Crippen LogP) is 1.22. The number of amides is 2. The van der Waals surface area contributed by atoms with Crippen molar-refractivity contribution < 1.29 is 14.0 Å². The number of fused-ring (bicyclic) bond motifs is 1. The second kappa shape index (κ2) is 4.72. The van der Waals surface area contributed by atoms with Gasteiger partial charge in [-0.25, -0.2) is 0 Å². The predicted molar refractivity (Wildman–Crippen MR) is 68.5 cm³/mol. The van der Waals surface area contributed by atoms with Crippen LogP contribution < -0.4 is 0 Å². The van der Waals surface area contributed by atoms with E-state index in [1.807, 2.05) is 11.8 Å². The Morgan fingerprint density at radius 1 is 1.47 bits per heavy atom. The lowest BCUT2D eigenvalue weighted by atomic mass is 9.88. The summed E-state index contributed by atoms with van der Waals surface area (Å²) in [6, 6.07) is 3.38. The number of likely N-dealkylation sites (tertiary alicyclic amines) is 2. The van der Waals surface area contributed by atoms with Gasteiger partial charge < -0.3 is 14.2 Å². The molecule has 2 aliphatic heterocycles. The molecule has 1 aromatic heterocycles. The smallest absolute Gasteiger partial charge is 0.289 e. The van der Waals surface area contributed by atoms with E-state index < -0.39 is 0 Å². The molecule has 1 aromatic rings. The van der Waals surface area contributed by atoms with Crippen LogP contribution in [-0.4, -0.2) is 47.8 Å². The molecule has 0 N–H and O–H groups in total. The first-order valence-electron chi connectivity index (χ1n) is 6.82. The van der Waals surface area contributed by atoms with Crippen LogP contribution in [0.5, 0.6) is 0 Å². The number of rotatable bonds is 2. The lowest BCUT2D eigenvalue weighted by molar-refractivity contribution is -0.139. The van der Waals surface area contributed by atoms with Crippen molar-refractivity contribution in [3.8, 4) is 0 Å². The highest BCUT2D eigenvalue weighted by molar-refractivity contribution is 5.92. The molecule has 5 nitrogen and oxygen atoms in total. The molecule has 0 bridgehead atoms. The van der Waals surface area contributed by atoms with E-state index >= 15 is 0 Å². The van der Waals surface area contributed by atoms with Crippen LogP contribution >= 0.6 is 0 Å². The van der Waals surface area contributed by atoms with E-state index in [9.17, 15) is 9.59 Å². The minimum Gasteiger partial charge on any atom is -0.459 e. The lowest BCUT2D eigenvalue weighted by Crippen LogP contribution is -2.45. The SMILES string of the molecule is CCN1CC[C@H]2CN(C(=O)c3ccco3)C[C@@H]2C1=O. The standard InChI is InChI=1S/C14H18N2O3/c1-2-15-6-5-10-8-16(9-11(10)13(15)17)14(18)12-4-3-7-19-12/h3-4,7,10-11H,2,5-6,8-9H2,1H3/t10-,11-/m0/s1. The van der Waals surface area contributed by atoms with Crippen LogP contribution in [0, 0.1) is 11.8 Å². The summed E-state index contributed by atoms with van der Waals surface area (Å²) in [5.41, 5.74) is 0. The summed E-state index contributed by atoms with van der Waals surface area (Å²) in [6.45, 7) is 4.78. The van der Waals surface area contributed by atoms with Gasteiger partial charge in [0.1, 0.15) is 0 Å². The molecule has 3 heterocycles. The zero-order valence-electron chi connectivity index (χ0n) is 11.0. The fourth-order valence-electron chi connectivity index (χ4n) is 3.15. The molecule has 2 fully saturated rings. The van der Waals surface area contributed by atoms with Gasteiger partial charge in [0.25, 0.3) is 5.91 Å². The summed E-state index contributed by atoms with van der Waals surface area (Å²) in [6.07, 6.45) is 2.49. The number of hydrogen-bond acceptors (Lipinski definition) is 3. The van der Waals surface area contributed by atoms with Gasteiger partial charge in [0, 0.05) is 26.2 Å². The molecule has 0 unspecified atom stereocenters. The Labute approximate surface area is 112 Å². The first-order chi connectivity index (χ1) is 9.20. The number of furan rings is 1. The average molecular weight is 262 g/mol. The van der Waals surface area contributed by atoms with Crippen molar-refractivity contribution in [2.45, 2.75) is 13.3 Å². The van der Waals surface area contributed by atoms with Crippen molar-refractivity contribution in [2.75, 3.05) is 26.2 Å². The molecule has 0 radical (unpaired) electrons. The molecule has 2 saturated heterocycles. The Balaban J connectivity index is 1.73. The van der Waals surface area contributed by atoms with Gasteiger partial charge in [-0.05, 0) is 31.4 Å². The van der Waals surface area contributed by atoms with Gasteiger partial charge in [-0.3, -0.25) is 9.59 Å². The van der Waals surface area contributed by atoms with Crippen LogP contribution in [0.15, 0.2) is 22.8 Å². The monoisotopic (exact) mass is 262 g/mol. The van der Waals surface area contributed by atoms with Crippen molar-refractivity contribution in [3.05, 3.63) is 24.2 Å². The second-order valence-corrected chi connectivity index (χ2v) is 5.26. The third-order valence-corrected chi connectivity index (χ3v) is 4.24. The van der Waals surface area contributed by atoms with Gasteiger partial charge in [0.05, 0.1) is 12.2 Å². The second-order valence-electron chi connectivity index (χ2n) is 5.26. The highest BCUT2D eigenvalue weighted by Crippen LogP contribution is 2.32. The fourth-order valence-corrected chi connectivity index (χ4v) is 3.15. The maximum absolute atomic E-state index is 12.3. The Hall–Kier alpha value is -1.78. The molecule has 3 rings (SSSR count). The third-order valence-electron chi connectivity index (χ3n) is 4.24. The topological polar surface area (TPSA) is 53.8 Å². The first-order valence-corrected chi connectivity index (χ1v) is 6.82. The van der Waals surface area contributed by atoms with Crippen molar-refractivity contribution in [1.29, 1.82) is 0 Å². The van der Waals surface area contributed by atoms with Gasteiger partial charge >= 0.3 is 0 Å². The van der Waals surface area contributed by atoms with Crippen LogP contribution in [0.2, 0.25) is 0 Å². The number of carbonyl (C=O) groups excluding carboxylic acids is 2. The highest BCUT2D eigenvalue weighted by atomic mass is 16.3. The van der Waals surface area contributed by atoms with Crippen LogP contribution in [0.4, 0.5) is 0 Å². The molecule has 2 atom stereocenters. The zero-order chi connectivity index (χ0) is 13.4. The number of nitrogens with zero attached hydrogens (tertiary/aromatic N) is 2. The molecular weight excluding hydrogens is 244 g/mol. The highest BCUT2D eigenvalue weighted by Gasteiger charge is 2.44. The summed E-state index contributed by atoms with van der Waals surface area (Å²) in [5.74, 6) is 0.754. The Morgan fingerprint density at radius 3 is 3.00 bits per heavy atom. The van der Waals surface area contributed by atoms with Crippen molar-refractivity contribution in [2.24, 2.45) is 11.8 Å². The van der Waals surface area contributed by atoms with Crippen LogP contribution in [0.25, 0.3) is 0 Å². The fraction of sp³-hybridized carbons (Fsp3) is 0.571. The van der Waals surface area contributed by atoms with Gasteiger partial charge in [-0.2, -0.15) is 0 Å². The van der Waals surface area contributed by atoms with E-state index in [1.54, 1.807) is 17.0 Å². The van der Waals surface area contributed by atoms with Gasteiger partial charge in [-0.1, -0.05) is 0 Å². The normalized spacial score (nSPS) is 26.7. The maximum Gasteiger partial charge on any atom is 0.289 e. The Bertz CT molecular complexity index is 483. The molecule has 5 heteroatoms. The van der Waals surface area contributed by atoms with Crippen LogP contribution in [-0.2, 0) is 4.79 Å².